The van der Waals surface area contributed by atoms with Gasteiger partial charge in [-0.15, -0.1) is 0 Å². The number of nitrogens with one attached hydrogen (secondary N) is 1. The molecule has 2 aromatic rings. The molecule has 1 atom stereocenters. The molecule has 0 aliphatic heterocycles. The van der Waals surface area contributed by atoms with Crippen molar-refractivity contribution >= 4 is 50.1 Å². The second kappa shape index (κ2) is 12.8. The molecule has 36 heavy (non-hydrogen) atoms. The maximum absolute atomic E-state index is 13.7. The minimum absolute atomic E-state index is 0.0556. The van der Waals surface area contributed by atoms with Crippen molar-refractivity contribution in [2.45, 2.75) is 64.1 Å². The van der Waals surface area contributed by atoms with Crippen LogP contribution in [0.25, 0.3) is 0 Å². The van der Waals surface area contributed by atoms with Crippen molar-refractivity contribution in [2.24, 2.45) is 0 Å². The lowest BCUT2D eigenvalue weighted by molar-refractivity contribution is -0.140. The molecule has 7 nitrogen and oxygen atoms in total. The Morgan fingerprint density at radius 3 is 2.22 bits per heavy atom. The lowest BCUT2D eigenvalue weighted by Gasteiger charge is -2.34. The zero-order valence-corrected chi connectivity index (χ0v) is 23.6. The van der Waals surface area contributed by atoms with E-state index in [1.165, 1.54) is 17.0 Å². The van der Waals surface area contributed by atoms with Gasteiger partial charge in [-0.1, -0.05) is 38.3 Å². The van der Waals surface area contributed by atoms with E-state index in [1.54, 1.807) is 36.4 Å². The number of hydrogen-bond acceptors (Lipinski definition) is 4. The molecule has 1 aliphatic rings. The third-order valence-electron chi connectivity index (χ3n) is 6.40. The zero-order chi connectivity index (χ0) is 26.3. The number of rotatable bonds is 10. The van der Waals surface area contributed by atoms with Crippen LogP contribution in [-0.4, -0.2) is 50.0 Å². The van der Waals surface area contributed by atoms with Gasteiger partial charge < -0.3 is 10.2 Å². The summed E-state index contributed by atoms with van der Waals surface area (Å²) in [4.78, 5) is 28.4. The van der Waals surface area contributed by atoms with E-state index in [4.69, 9.17) is 0 Å². The number of amides is 2. The first-order valence-electron chi connectivity index (χ1n) is 12.2. The topological polar surface area (TPSA) is 86.8 Å². The third-order valence-corrected chi connectivity index (χ3v) is 8.26. The lowest BCUT2D eigenvalue weighted by atomic mass is 9.95. The van der Waals surface area contributed by atoms with Crippen molar-refractivity contribution in [3.8, 4) is 0 Å². The Bertz CT molecular complexity index is 1140. The summed E-state index contributed by atoms with van der Waals surface area (Å²) in [6, 6.07) is 11.8. The van der Waals surface area contributed by atoms with E-state index in [9.17, 15) is 22.4 Å². The van der Waals surface area contributed by atoms with Gasteiger partial charge in [-0.25, -0.2) is 12.8 Å². The molecule has 196 valence electrons. The first kappa shape index (κ1) is 28.4. The molecular formula is C26H33FIN3O4S. The average Bonchev–Trinajstić information content (AvgIpc) is 2.84. The number of sulfonamides is 1. The Balaban J connectivity index is 1.89. The molecule has 10 heteroatoms. The number of carbonyl (C=O) groups excluding carboxylic acids is 2. The Kier molecular flexibility index (Phi) is 10.1. The van der Waals surface area contributed by atoms with Gasteiger partial charge in [-0.3, -0.25) is 13.9 Å². The highest BCUT2D eigenvalue weighted by Gasteiger charge is 2.32. The Morgan fingerprint density at radius 2 is 1.67 bits per heavy atom. The van der Waals surface area contributed by atoms with Gasteiger partial charge in [0.15, 0.2) is 0 Å². The molecular weight excluding hydrogens is 596 g/mol. The monoisotopic (exact) mass is 629 g/mol. The van der Waals surface area contributed by atoms with Crippen LogP contribution in [0.15, 0.2) is 48.5 Å². The van der Waals surface area contributed by atoms with Gasteiger partial charge in [0.1, 0.15) is 18.4 Å². The van der Waals surface area contributed by atoms with Crippen LogP contribution in [-0.2, 0) is 26.2 Å². The van der Waals surface area contributed by atoms with Gasteiger partial charge in [0, 0.05) is 16.2 Å². The summed E-state index contributed by atoms with van der Waals surface area (Å²) in [5, 5.41) is 3.10. The van der Waals surface area contributed by atoms with E-state index in [-0.39, 0.29) is 18.5 Å². The van der Waals surface area contributed by atoms with Gasteiger partial charge in [0.05, 0.1) is 11.9 Å². The number of carbonyl (C=O) groups is 2. The van der Waals surface area contributed by atoms with Gasteiger partial charge in [0.2, 0.25) is 21.8 Å². The van der Waals surface area contributed by atoms with Crippen molar-refractivity contribution in [2.75, 3.05) is 17.1 Å². The number of benzene rings is 2. The van der Waals surface area contributed by atoms with E-state index in [0.29, 0.717) is 17.7 Å². The first-order valence-corrected chi connectivity index (χ1v) is 15.1. The molecule has 1 N–H and O–H groups in total. The summed E-state index contributed by atoms with van der Waals surface area (Å²) < 4.78 is 40.8. The maximum atomic E-state index is 13.7. The highest BCUT2D eigenvalue weighted by molar-refractivity contribution is 14.1. The Hall–Kier alpha value is -2.21. The van der Waals surface area contributed by atoms with Gasteiger partial charge in [-0.2, -0.15) is 0 Å². The highest BCUT2D eigenvalue weighted by Crippen LogP contribution is 2.22. The van der Waals surface area contributed by atoms with Gasteiger partial charge in [-0.05, 0) is 83.8 Å². The quantitative estimate of drug-likeness (QED) is 0.394. The third kappa shape index (κ3) is 7.89. The van der Waals surface area contributed by atoms with Crippen LogP contribution in [0.4, 0.5) is 10.1 Å². The van der Waals surface area contributed by atoms with Crippen LogP contribution in [0.5, 0.6) is 0 Å². The minimum Gasteiger partial charge on any atom is -0.352 e. The molecule has 1 fully saturated rings. The van der Waals surface area contributed by atoms with Crippen LogP contribution in [0.2, 0.25) is 0 Å². The van der Waals surface area contributed by atoms with E-state index < -0.39 is 34.3 Å². The van der Waals surface area contributed by atoms with Crippen molar-refractivity contribution in [3.05, 3.63) is 63.5 Å². The average molecular weight is 630 g/mol. The lowest BCUT2D eigenvalue weighted by Crippen LogP contribution is -2.53. The predicted octanol–water partition coefficient (Wildman–Crippen LogP) is 4.45. The zero-order valence-electron chi connectivity index (χ0n) is 20.6. The van der Waals surface area contributed by atoms with Crippen LogP contribution >= 0.6 is 22.6 Å². The molecule has 0 spiro atoms. The van der Waals surface area contributed by atoms with Crippen LogP contribution < -0.4 is 9.62 Å². The van der Waals surface area contributed by atoms with Crippen molar-refractivity contribution in [1.29, 1.82) is 0 Å². The van der Waals surface area contributed by atoms with Crippen molar-refractivity contribution < 1.29 is 22.4 Å². The second-order valence-corrected chi connectivity index (χ2v) is 12.3. The fraction of sp³-hybridized carbons (Fsp3) is 0.462. The summed E-state index contributed by atoms with van der Waals surface area (Å²) in [6.45, 7) is 1.43. The molecule has 0 unspecified atom stereocenters. The highest BCUT2D eigenvalue weighted by atomic mass is 127. The molecule has 1 saturated carbocycles. The molecule has 2 aromatic carbocycles. The van der Waals surface area contributed by atoms with E-state index in [1.807, 2.05) is 6.92 Å². The summed E-state index contributed by atoms with van der Waals surface area (Å²) in [7, 11) is -3.78. The fourth-order valence-corrected chi connectivity index (χ4v) is 5.68. The number of halogens is 2. The molecule has 1 aliphatic carbocycles. The van der Waals surface area contributed by atoms with Gasteiger partial charge >= 0.3 is 0 Å². The van der Waals surface area contributed by atoms with Crippen LogP contribution in [0.3, 0.4) is 0 Å². The Morgan fingerprint density at radius 1 is 1.06 bits per heavy atom. The van der Waals surface area contributed by atoms with Crippen molar-refractivity contribution in [3.63, 3.8) is 0 Å². The van der Waals surface area contributed by atoms with E-state index in [0.717, 1.165) is 46.2 Å². The minimum atomic E-state index is -3.78. The molecule has 3 rings (SSSR count). The fourth-order valence-electron chi connectivity index (χ4n) is 4.47. The molecule has 0 bridgehead atoms. The van der Waals surface area contributed by atoms with Crippen molar-refractivity contribution in [1.82, 2.24) is 10.2 Å². The molecule has 0 radical (unpaired) electrons. The van der Waals surface area contributed by atoms with Gasteiger partial charge in [0.25, 0.3) is 0 Å². The molecule has 0 aromatic heterocycles. The second-order valence-electron chi connectivity index (χ2n) is 9.16. The SMILES string of the molecule is CC[C@@H](C(=O)NC1CCCCC1)N(Cc1ccc(F)cc1)C(=O)CN(c1ccc(I)cc1)S(C)(=O)=O. The number of nitrogens with zero attached hydrogens (tertiary/aromatic N) is 2. The van der Waals surface area contributed by atoms with Crippen LogP contribution in [0, 0.1) is 9.39 Å². The largest absolute Gasteiger partial charge is 0.352 e. The van der Waals surface area contributed by atoms with E-state index >= 15 is 0 Å². The summed E-state index contributed by atoms with van der Waals surface area (Å²) in [5.41, 5.74) is 1.02. The first-order chi connectivity index (χ1) is 17.1. The number of hydrogen-bond donors (Lipinski definition) is 1. The smallest absolute Gasteiger partial charge is 0.244 e. The van der Waals surface area contributed by atoms with E-state index in [2.05, 4.69) is 27.9 Å². The summed E-state index contributed by atoms with van der Waals surface area (Å²) >= 11 is 2.12. The Labute approximate surface area is 226 Å². The molecule has 2 amide bonds. The maximum Gasteiger partial charge on any atom is 0.244 e. The number of anilines is 1. The molecule has 0 heterocycles. The standard InChI is InChI=1S/C26H33FIN3O4S/c1-3-24(26(33)29-22-7-5-4-6-8-22)30(17-19-9-11-20(27)12-10-19)25(32)18-31(36(2,34)35)23-15-13-21(28)14-16-23/h9-16,22,24H,3-8,17-18H2,1-2H3,(H,29,33)/t24-/m0/s1. The van der Waals surface area contributed by atoms with Crippen LogP contribution in [0.1, 0.15) is 51.0 Å². The summed E-state index contributed by atoms with van der Waals surface area (Å²) in [6.07, 6.45) is 6.48. The molecule has 0 saturated heterocycles. The predicted molar refractivity (Wildman–Crippen MR) is 147 cm³/mol. The normalized spacial score (nSPS) is 15.2. The summed E-state index contributed by atoms with van der Waals surface area (Å²) in [5.74, 6) is -1.16.